The minimum atomic E-state index is -3.63. The summed E-state index contributed by atoms with van der Waals surface area (Å²) in [5, 5.41) is 0. The van der Waals surface area contributed by atoms with E-state index in [4.69, 9.17) is 4.74 Å². The van der Waals surface area contributed by atoms with Gasteiger partial charge in [-0.1, -0.05) is 38.1 Å². The molecule has 0 saturated carbocycles. The third-order valence-corrected chi connectivity index (χ3v) is 6.57. The second kappa shape index (κ2) is 8.97. The van der Waals surface area contributed by atoms with Gasteiger partial charge in [0.15, 0.2) is 0 Å². The summed E-state index contributed by atoms with van der Waals surface area (Å²) in [7, 11) is -2.05. The van der Waals surface area contributed by atoms with Crippen LogP contribution in [0, 0.1) is 0 Å². The average Bonchev–Trinajstić information content (AvgIpc) is 3.11. The predicted octanol–water partition coefficient (Wildman–Crippen LogP) is 3.42. The normalized spacial score (nSPS) is 14.6. The van der Waals surface area contributed by atoms with Crippen LogP contribution in [0.5, 0.6) is 5.75 Å². The van der Waals surface area contributed by atoms with Gasteiger partial charge in [-0.15, -0.1) is 0 Å². The number of rotatable bonds is 8. The summed E-state index contributed by atoms with van der Waals surface area (Å²) in [5.41, 5.74) is 2.77. The summed E-state index contributed by atoms with van der Waals surface area (Å²) in [4.78, 5) is 13.8. The first-order valence-electron chi connectivity index (χ1n) is 9.83. The summed E-state index contributed by atoms with van der Waals surface area (Å²) in [6.07, 6.45) is 1.55. The molecule has 1 saturated heterocycles. The predicted molar refractivity (Wildman–Crippen MR) is 112 cm³/mol. The number of nitrogens with one attached hydrogen (secondary N) is 1. The highest BCUT2D eigenvalue weighted by Gasteiger charge is 2.20. The summed E-state index contributed by atoms with van der Waals surface area (Å²) in [5.74, 6) is 1.03. The third kappa shape index (κ3) is 5.16. The highest BCUT2D eigenvalue weighted by molar-refractivity contribution is 7.89. The SMILES string of the molecule is COc1ccc(S(=O)(=O)NCc2ccc(CN3CCCC3=O)cc2)cc1C(C)C. The van der Waals surface area contributed by atoms with E-state index in [2.05, 4.69) is 4.72 Å². The molecule has 2 aromatic carbocycles. The molecule has 0 bridgehead atoms. The quantitative estimate of drug-likeness (QED) is 0.715. The lowest BCUT2D eigenvalue weighted by molar-refractivity contribution is -0.128. The van der Waals surface area contributed by atoms with Crippen LogP contribution in [0.4, 0.5) is 0 Å². The van der Waals surface area contributed by atoms with Crippen LogP contribution in [-0.4, -0.2) is 32.9 Å². The fourth-order valence-electron chi connectivity index (χ4n) is 3.45. The van der Waals surface area contributed by atoms with E-state index in [1.54, 1.807) is 25.3 Å². The molecule has 1 aliphatic rings. The van der Waals surface area contributed by atoms with Crippen LogP contribution in [0.1, 0.15) is 49.3 Å². The molecule has 1 fully saturated rings. The van der Waals surface area contributed by atoms with Gasteiger partial charge in [-0.25, -0.2) is 13.1 Å². The van der Waals surface area contributed by atoms with Crippen molar-refractivity contribution in [2.24, 2.45) is 0 Å². The number of amides is 1. The van der Waals surface area contributed by atoms with E-state index in [0.717, 1.165) is 29.7 Å². The first kappa shape index (κ1) is 21.3. The molecule has 0 atom stereocenters. The standard InChI is InChI=1S/C22H28N2O4S/c1-16(2)20-13-19(10-11-21(20)28-3)29(26,27)23-14-17-6-8-18(9-7-17)15-24-12-4-5-22(24)25/h6-11,13,16,23H,4-5,12,14-15H2,1-3H3. The minimum Gasteiger partial charge on any atom is -0.496 e. The van der Waals surface area contributed by atoms with Crippen molar-refractivity contribution >= 4 is 15.9 Å². The molecule has 3 rings (SSSR count). The molecule has 0 unspecified atom stereocenters. The van der Waals surface area contributed by atoms with Crippen molar-refractivity contribution in [2.45, 2.75) is 50.6 Å². The van der Waals surface area contributed by atoms with Crippen LogP contribution in [0.15, 0.2) is 47.4 Å². The largest absolute Gasteiger partial charge is 0.496 e. The number of likely N-dealkylation sites (tertiary alicyclic amines) is 1. The van der Waals surface area contributed by atoms with Gasteiger partial charge in [0.05, 0.1) is 12.0 Å². The van der Waals surface area contributed by atoms with Crippen molar-refractivity contribution in [2.75, 3.05) is 13.7 Å². The molecule has 0 aromatic heterocycles. The second-order valence-corrected chi connectivity index (χ2v) is 9.39. The second-order valence-electron chi connectivity index (χ2n) is 7.62. The summed E-state index contributed by atoms with van der Waals surface area (Å²) < 4.78 is 33.4. The number of benzene rings is 2. The van der Waals surface area contributed by atoms with Gasteiger partial charge < -0.3 is 9.64 Å². The highest BCUT2D eigenvalue weighted by atomic mass is 32.2. The number of carbonyl (C=O) groups excluding carboxylic acids is 1. The Balaban J connectivity index is 1.65. The smallest absolute Gasteiger partial charge is 0.240 e. The van der Waals surface area contributed by atoms with Crippen molar-refractivity contribution in [3.05, 3.63) is 59.2 Å². The van der Waals surface area contributed by atoms with E-state index in [0.29, 0.717) is 18.7 Å². The van der Waals surface area contributed by atoms with Gasteiger partial charge in [0.25, 0.3) is 0 Å². The van der Waals surface area contributed by atoms with Crippen LogP contribution >= 0.6 is 0 Å². The van der Waals surface area contributed by atoms with Gasteiger partial charge in [0, 0.05) is 26.1 Å². The summed E-state index contributed by atoms with van der Waals surface area (Å²) >= 11 is 0. The van der Waals surface area contributed by atoms with Gasteiger partial charge in [-0.05, 0) is 47.2 Å². The molecule has 1 heterocycles. The zero-order valence-electron chi connectivity index (χ0n) is 17.1. The molecule has 0 radical (unpaired) electrons. The lowest BCUT2D eigenvalue weighted by Gasteiger charge is -2.16. The Kier molecular flexibility index (Phi) is 6.59. The van der Waals surface area contributed by atoms with Crippen LogP contribution in [-0.2, 0) is 27.9 Å². The third-order valence-electron chi connectivity index (χ3n) is 5.17. The number of sulfonamides is 1. The molecule has 6 nitrogen and oxygen atoms in total. The van der Waals surface area contributed by atoms with Gasteiger partial charge >= 0.3 is 0 Å². The maximum absolute atomic E-state index is 12.7. The maximum Gasteiger partial charge on any atom is 0.240 e. The molecule has 1 N–H and O–H groups in total. The van der Waals surface area contributed by atoms with E-state index in [1.165, 1.54) is 0 Å². The van der Waals surface area contributed by atoms with Gasteiger partial charge in [0.2, 0.25) is 15.9 Å². The number of nitrogens with zero attached hydrogens (tertiary/aromatic N) is 1. The topological polar surface area (TPSA) is 75.7 Å². The molecule has 2 aromatic rings. The van der Waals surface area contributed by atoms with E-state index in [-0.39, 0.29) is 23.3 Å². The molecule has 29 heavy (non-hydrogen) atoms. The molecule has 156 valence electrons. The van der Waals surface area contributed by atoms with Crippen LogP contribution in [0.25, 0.3) is 0 Å². The van der Waals surface area contributed by atoms with Gasteiger partial charge in [-0.2, -0.15) is 0 Å². The minimum absolute atomic E-state index is 0.148. The zero-order valence-corrected chi connectivity index (χ0v) is 18.0. The Bertz CT molecular complexity index is 969. The van der Waals surface area contributed by atoms with Crippen molar-refractivity contribution in [1.29, 1.82) is 0 Å². The average molecular weight is 417 g/mol. The molecule has 1 aliphatic heterocycles. The first-order chi connectivity index (χ1) is 13.8. The van der Waals surface area contributed by atoms with Crippen molar-refractivity contribution < 1.29 is 17.9 Å². The number of methoxy groups -OCH3 is 1. The summed E-state index contributed by atoms with van der Waals surface area (Å²) in [6.45, 7) is 5.61. The van der Waals surface area contributed by atoms with Crippen LogP contribution < -0.4 is 9.46 Å². The molecule has 0 aliphatic carbocycles. The Morgan fingerprint density at radius 2 is 1.79 bits per heavy atom. The zero-order chi connectivity index (χ0) is 21.0. The summed E-state index contributed by atoms with van der Waals surface area (Å²) in [6, 6.07) is 12.6. The molecular weight excluding hydrogens is 388 g/mol. The van der Waals surface area contributed by atoms with Crippen LogP contribution in [0.3, 0.4) is 0 Å². The molecular formula is C22H28N2O4S. The Morgan fingerprint density at radius 3 is 2.38 bits per heavy atom. The fourth-order valence-corrected chi connectivity index (χ4v) is 4.50. The molecule has 1 amide bonds. The van der Waals surface area contributed by atoms with E-state index in [1.807, 2.05) is 43.0 Å². The van der Waals surface area contributed by atoms with Crippen LogP contribution in [0.2, 0.25) is 0 Å². The maximum atomic E-state index is 12.7. The van der Waals surface area contributed by atoms with E-state index in [9.17, 15) is 13.2 Å². The molecule has 0 spiro atoms. The molecule has 7 heteroatoms. The Hall–Kier alpha value is -2.38. The van der Waals surface area contributed by atoms with Crippen molar-refractivity contribution in [1.82, 2.24) is 9.62 Å². The Morgan fingerprint density at radius 1 is 1.10 bits per heavy atom. The highest BCUT2D eigenvalue weighted by Crippen LogP contribution is 2.29. The first-order valence-corrected chi connectivity index (χ1v) is 11.3. The lowest BCUT2D eigenvalue weighted by atomic mass is 10.0. The van der Waals surface area contributed by atoms with Gasteiger partial charge in [-0.3, -0.25) is 4.79 Å². The number of ether oxygens (including phenoxy) is 1. The van der Waals surface area contributed by atoms with Crippen molar-refractivity contribution in [3.63, 3.8) is 0 Å². The number of hydrogen-bond donors (Lipinski definition) is 1. The lowest BCUT2D eigenvalue weighted by Crippen LogP contribution is -2.24. The number of hydrogen-bond acceptors (Lipinski definition) is 4. The fraction of sp³-hybridized carbons (Fsp3) is 0.409. The van der Waals surface area contributed by atoms with Crippen molar-refractivity contribution in [3.8, 4) is 5.75 Å². The van der Waals surface area contributed by atoms with Gasteiger partial charge in [0.1, 0.15) is 5.75 Å². The van der Waals surface area contributed by atoms with E-state index >= 15 is 0 Å². The number of carbonyl (C=O) groups is 1. The van der Waals surface area contributed by atoms with E-state index < -0.39 is 10.0 Å². The monoisotopic (exact) mass is 416 g/mol. The Labute approximate surface area is 172 Å².